The predicted octanol–water partition coefficient (Wildman–Crippen LogP) is 0.451. The van der Waals surface area contributed by atoms with Crippen molar-refractivity contribution in [2.75, 3.05) is 46.9 Å². The Kier molecular flexibility index (Phi) is 7.47. The Balaban J connectivity index is 2.17. The summed E-state index contributed by atoms with van der Waals surface area (Å²) in [5.41, 5.74) is 1.67. The van der Waals surface area contributed by atoms with Gasteiger partial charge in [0.1, 0.15) is 0 Å². The van der Waals surface area contributed by atoms with Crippen molar-refractivity contribution < 1.29 is 9.53 Å². The van der Waals surface area contributed by atoms with E-state index in [1.807, 2.05) is 19.1 Å². The molecular weight excluding hydrogens is 314 g/mol. The molecule has 2 N–H and O–H groups in total. The van der Waals surface area contributed by atoms with Gasteiger partial charge in [0.05, 0.1) is 6.61 Å². The molecule has 0 atom stereocenters. The Morgan fingerprint density at radius 3 is 2.84 bits per heavy atom. The first-order valence-electron chi connectivity index (χ1n) is 9.01. The molecule has 0 radical (unpaired) electrons. The largest absolute Gasteiger partial charge is 0.383 e. The van der Waals surface area contributed by atoms with Crippen molar-refractivity contribution in [3.8, 4) is 0 Å². The monoisotopic (exact) mass is 345 g/mol. The number of hydrogen-bond acceptors (Lipinski definition) is 4. The summed E-state index contributed by atoms with van der Waals surface area (Å²) < 4.78 is 4.98. The SMILES string of the molecule is C=c1ccc(C(=O)NCCOC)c(C)/c1=C/N(C)CC1CCNCC1. The number of carbonyl (C=O) groups is 1. The van der Waals surface area contributed by atoms with Gasteiger partial charge in [-0.25, -0.2) is 0 Å². The average Bonchev–Trinajstić information content (AvgIpc) is 2.59. The zero-order chi connectivity index (χ0) is 18.2. The van der Waals surface area contributed by atoms with Crippen molar-refractivity contribution >= 4 is 18.7 Å². The van der Waals surface area contributed by atoms with E-state index in [1.165, 1.54) is 12.8 Å². The molecule has 1 amide bonds. The van der Waals surface area contributed by atoms with Gasteiger partial charge in [-0.3, -0.25) is 4.79 Å². The van der Waals surface area contributed by atoms with E-state index in [1.54, 1.807) is 7.11 Å². The second-order valence-corrected chi connectivity index (χ2v) is 6.82. The summed E-state index contributed by atoms with van der Waals surface area (Å²) in [5, 5.41) is 8.28. The lowest BCUT2D eigenvalue weighted by Crippen LogP contribution is -2.36. The number of piperidine rings is 1. The molecule has 1 aliphatic rings. The third kappa shape index (κ3) is 5.58. The quantitative estimate of drug-likeness (QED) is 0.705. The minimum atomic E-state index is -0.0646. The molecule has 138 valence electrons. The molecule has 1 heterocycles. The Hall–Kier alpha value is -1.85. The minimum absolute atomic E-state index is 0.0646. The number of nitrogens with zero attached hydrogens (tertiary/aromatic N) is 1. The van der Waals surface area contributed by atoms with Crippen LogP contribution < -0.4 is 21.1 Å². The van der Waals surface area contributed by atoms with E-state index in [9.17, 15) is 4.79 Å². The summed E-state index contributed by atoms with van der Waals surface area (Å²) in [6.07, 6.45) is 4.57. The summed E-state index contributed by atoms with van der Waals surface area (Å²) in [6.45, 7) is 10.4. The number of nitrogens with one attached hydrogen (secondary N) is 2. The Morgan fingerprint density at radius 1 is 1.44 bits per heavy atom. The Morgan fingerprint density at radius 2 is 2.16 bits per heavy atom. The van der Waals surface area contributed by atoms with Gasteiger partial charge in [0.2, 0.25) is 0 Å². The smallest absolute Gasteiger partial charge is 0.251 e. The number of methoxy groups -OCH3 is 1. The molecule has 1 saturated heterocycles. The van der Waals surface area contributed by atoms with Crippen LogP contribution in [0.4, 0.5) is 0 Å². The molecule has 0 spiro atoms. The highest BCUT2D eigenvalue weighted by molar-refractivity contribution is 5.95. The standard InChI is InChI=1S/C20H31N3O2/c1-15-5-6-18(20(24)22-11-12-25-4)16(2)19(15)14-23(3)13-17-7-9-21-10-8-17/h5-6,14,17,21H,1,7-13H2,2-4H3,(H,22,24)/b19-14+. The lowest BCUT2D eigenvalue weighted by molar-refractivity contribution is 0.0936. The van der Waals surface area contributed by atoms with Crippen LogP contribution in [0.25, 0.3) is 12.8 Å². The second kappa shape index (κ2) is 9.59. The highest BCUT2D eigenvalue weighted by Crippen LogP contribution is 2.12. The molecule has 1 aromatic carbocycles. The van der Waals surface area contributed by atoms with Crippen molar-refractivity contribution in [1.82, 2.24) is 15.5 Å². The van der Waals surface area contributed by atoms with E-state index in [-0.39, 0.29) is 5.91 Å². The van der Waals surface area contributed by atoms with E-state index in [2.05, 4.69) is 35.4 Å². The summed E-state index contributed by atoms with van der Waals surface area (Å²) >= 11 is 0. The fourth-order valence-electron chi connectivity index (χ4n) is 3.32. The molecule has 1 aliphatic heterocycles. The maximum atomic E-state index is 12.4. The maximum absolute atomic E-state index is 12.4. The number of rotatable bonds is 7. The molecular formula is C20H31N3O2. The molecule has 5 heteroatoms. The molecule has 25 heavy (non-hydrogen) atoms. The van der Waals surface area contributed by atoms with Crippen molar-refractivity contribution in [3.63, 3.8) is 0 Å². The van der Waals surface area contributed by atoms with Gasteiger partial charge in [0, 0.05) is 44.2 Å². The first kappa shape index (κ1) is 19.5. The molecule has 2 rings (SSSR count). The normalized spacial score (nSPS) is 16.0. The van der Waals surface area contributed by atoms with Gasteiger partial charge >= 0.3 is 0 Å². The number of benzene rings is 1. The molecule has 5 nitrogen and oxygen atoms in total. The van der Waals surface area contributed by atoms with Crippen molar-refractivity contribution in [3.05, 3.63) is 33.7 Å². The van der Waals surface area contributed by atoms with Gasteiger partial charge in [-0.1, -0.05) is 12.6 Å². The fourth-order valence-corrected chi connectivity index (χ4v) is 3.32. The minimum Gasteiger partial charge on any atom is -0.383 e. The summed E-state index contributed by atoms with van der Waals surface area (Å²) in [6, 6.07) is 3.77. The van der Waals surface area contributed by atoms with Crippen LogP contribution in [0.5, 0.6) is 0 Å². The van der Waals surface area contributed by atoms with Crippen LogP contribution in [0.3, 0.4) is 0 Å². The van der Waals surface area contributed by atoms with Gasteiger partial charge in [0.15, 0.2) is 0 Å². The lowest BCUT2D eigenvalue weighted by Gasteiger charge is -2.26. The fraction of sp³-hybridized carbons (Fsp3) is 0.550. The van der Waals surface area contributed by atoms with Crippen LogP contribution in [0, 0.1) is 12.8 Å². The van der Waals surface area contributed by atoms with Crippen LogP contribution in [-0.2, 0) is 4.74 Å². The number of carbonyl (C=O) groups excluding carboxylic acids is 1. The van der Waals surface area contributed by atoms with Gasteiger partial charge < -0.3 is 20.3 Å². The average molecular weight is 345 g/mol. The third-order valence-electron chi connectivity index (χ3n) is 4.80. The summed E-state index contributed by atoms with van der Waals surface area (Å²) in [4.78, 5) is 14.6. The van der Waals surface area contributed by atoms with E-state index in [0.717, 1.165) is 41.6 Å². The van der Waals surface area contributed by atoms with E-state index >= 15 is 0 Å². The summed E-state index contributed by atoms with van der Waals surface area (Å²) in [5.74, 6) is 0.654. The van der Waals surface area contributed by atoms with Gasteiger partial charge in [-0.2, -0.15) is 0 Å². The van der Waals surface area contributed by atoms with Gasteiger partial charge in [0.25, 0.3) is 5.91 Å². The second-order valence-electron chi connectivity index (χ2n) is 6.82. The zero-order valence-corrected chi connectivity index (χ0v) is 15.7. The molecule has 0 aliphatic carbocycles. The van der Waals surface area contributed by atoms with E-state index in [4.69, 9.17) is 4.74 Å². The number of ether oxygens (including phenoxy) is 1. The van der Waals surface area contributed by atoms with Gasteiger partial charge in [-0.05, 0) is 55.6 Å². The maximum Gasteiger partial charge on any atom is 0.251 e. The van der Waals surface area contributed by atoms with Crippen molar-refractivity contribution in [1.29, 1.82) is 0 Å². The van der Waals surface area contributed by atoms with Crippen molar-refractivity contribution in [2.24, 2.45) is 5.92 Å². The lowest BCUT2D eigenvalue weighted by atomic mass is 9.97. The molecule has 0 unspecified atom stereocenters. The predicted molar refractivity (Wildman–Crippen MR) is 103 cm³/mol. The third-order valence-corrected chi connectivity index (χ3v) is 4.80. The highest BCUT2D eigenvalue weighted by Gasteiger charge is 2.14. The molecule has 1 fully saturated rings. The van der Waals surface area contributed by atoms with Crippen LogP contribution in [0.1, 0.15) is 28.8 Å². The van der Waals surface area contributed by atoms with Gasteiger partial charge in [-0.15, -0.1) is 0 Å². The molecule has 0 saturated carbocycles. The summed E-state index contributed by atoms with van der Waals surface area (Å²) in [7, 11) is 3.73. The first-order valence-corrected chi connectivity index (χ1v) is 9.01. The van der Waals surface area contributed by atoms with E-state index in [0.29, 0.717) is 18.7 Å². The Bertz CT molecular complexity index is 681. The highest BCUT2D eigenvalue weighted by atomic mass is 16.5. The van der Waals surface area contributed by atoms with Crippen LogP contribution in [0.2, 0.25) is 0 Å². The van der Waals surface area contributed by atoms with E-state index < -0.39 is 0 Å². The molecule has 1 aromatic rings. The molecule has 0 aromatic heterocycles. The number of hydrogen-bond donors (Lipinski definition) is 2. The van der Waals surface area contributed by atoms with Crippen LogP contribution in [-0.4, -0.2) is 57.8 Å². The first-order chi connectivity index (χ1) is 12.0. The molecule has 0 bridgehead atoms. The van der Waals surface area contributed by atoms with Crippen LogP contribution >= 0.6 is 0 Å². The Labute approximate surface area is 150 Å². The topological polar surface area (TPSA) is 53.6 Å². The zero-order valence-electron chi connectivity index (χ0n) is 15.7. The number of amides is 1. The van der Waals surface area contributed by atoms with Crippen molar-refractivity contribution in [2.45, 2.75) is 19.8 Å². The van der Waals surface area contributed by atoms with Crippen LogP contribution in [0.15, 0.2) is 12.1 Å².